The first kappa shape index (κ1) is 15.7. The molecule has 20 heavy (non-hydrogen) atoms. The van der Waals surface area contributed by atoms with E-state index >= 15 is 0 Å². The molecule has 0 radical (unpaired) electrons. The summed E-state index contributed by atoms with van der Waals surface area (Å²) < 4.78 is 15.3. The predicted octanol–water partition coefficient (Wildman–Crippen LogP) is 6.37. The minimum absolute atomic E-state index is 0.146. The topological polar surface area (TPSA) is 0 Å². The number of halogens is 2. The molecule has 2 rings (SSSR count). The minimum Gasteiger partial charge on any atom is -0.207 e. The molecule has 0 unspecified atom stereocenters. The van der Waals surface area contributed by atoms with Gasteiger partial charge in [0.25, 0.3) is 0 Å². The highest BCUT2D eigenvalue weighted by atomic mass is 127. The molecule has 1 aliphatic rings. The number of hydrogen-bond acceptors (Lipinski definition) is 0. The summed E-state index contributed by atoms with van der Waals surface area (Å²) in [5.74, 6) is -0.172. The molecule has 0 amide bonds. The Bertz CT molecular complexity index is 547. The molecule has 0 spiro atoms. The van der Waals surface area contributed by atoms with Gasteiger partial charge in [0, 0.05) is 0 Å². The van der Waals surface area contributed by atoms with Crippen LogP contribution in [-0.2, 0) is 0 Å². The molecule has 1 aliphatic carbocycles. The third kappa shape index (κ3) is 3.33. The van der Waals surface area contributed by atoms with Crippen LogP contribution in [0.5, 0.6) is 0 Å². The van der Waals surface area contributed by atoms with Crippen molar-refractivity contribution in [2.24, 2.45) is 10.8 Å². The molecule has 108 valence electrons. The second kappa shape index (κ2) is 5.63. The van der Waals surface area contributed by atoms with E-state index in [0.717, 1.165) is 12.0 Å². The number of benzene rings is 1. The van der Waals surface area contributed by atoms with Crippen molar-refractivity contribution in [3.05, 3.63) is 51.4 Å². The Morgan fingerprint density at radius 1 is 1.10 bits per heavy atom. The van der Waals surface area contributed by atoms with Crippen molar-refractivity contribution < 1.29 is 4.39 Å². The monoisotopic (exact) mass is 384 g/mol. The Balaban J connectivity index is 2.61. The number of allylic oxidation sites excluding steroid dienone is 3. The largest absolute Gasteiger partial charge is 0.207 e. The summed E-state index contributed by atoms with van der Waals surface area (Å²) in [6.45, 7) is 9.26. The van der Waals surface area contributed by atoms with Gasteiger partial charge in [0.1, 0.15) is 5.82 Å². The second-order valence-electron chi connectivity index (χ2n) is 7.09. The lowest BCUT2D eigenvalue weighted by Crippen LogP contribution is -2.30. The smallest absolute Gasteiger partial charge is 0.123 e. The zero-order chi connectivity index (χ0) is 15.0. The van der Waals surface area contributed by atoms with E-state index in [4.69, 9.17) is 0 Å². The maximum Gasteiger partial charge on any atom is 0.123 e. The summed E-state index contributed by atoms with van der Waals surface area (Å²) >= 11 is 2.28. The van der Waals surface area contributed by atoms with Gasteiger partial charge in [0.15, 0.2) is 0 Å². The molecule has 0 fully saturated rings. The SMILES string of the molecule is CC1(C)CC(c2ccc(F)cc2)=C(/C=C/I)C(C)(C)C1. The molecule has 0 saturated heterocycles. The Morgan fingerprint density at radius 3 is 2.25 bits per heavy atom. The van der Waals surface area contributed by atoms with Crippen LogP contribution in [0.1, 0.15) is 46.1 Å². The first-order valence-electron chi connectivity index (χ1n) is 7.01. The van der Waals surface area contributed by atoms with Gasteiger partial charge in [-0.15, -0.1) is 0 Å². The van der Waals surface area contributed by atoms with Crippen LogP contribution in [0.4, 0.5) is 4.39 Å². The molecule has 0 N–H and O–H groups in total. The summed E-state index contributed by atoms with van der Waals surface area (Å²) in [6.07, 6.45) is 4.42. The molecule has 1 aromatic rings. The zero-order valence-corrected chi connectivity index (χ0v) is 14.8. The molecule has 0 nitrogen and oxygen atoms in total. The van der Waals surface area contributed by atoms with E-state index in [1.807, 2.05) is 12.1 Å². The lowest BCUT2D eigenvalue weighted by molar-refractivity contribution is 0.219. The van der Waals surface area contributed by atoms with Crippen molar-refractivity contribution in [3.8, 4) is 0 Å². The first-order valence-corrected chi connectivity index (χ1v) is 8.26. The van der Waals surface area contributed by atoms with Crippen molar-refractivity contribution in [1.29, 1.82) is 0 Å². The Kier molecular flexibility index (Phi) is 4.43. The van der Waals surface area contributed by atoms with E-state index in [1.54, 1.807) is 12.1 Å². The Hall–Kier alpha value is -0.640. The fourth-order valence-corrected chi connectivity index (χ4v) is 3.99. The average Bonchev–Trinajstić information content (AvgIpc) is 2.32. The highest BCUT2D eigenvalue weighted by Crippen LogP contribution is 2.52. The van der Waals surface area contributed by atoms with Gasteiger partial charge in [0.2, 0.25) is 0 Å². The predicted molar refractivity (Wildman–Crippen MR) is 93.3 cm³/mol. The quantitative estimate of drug-likeness (QED) is 0.520. The molecule has 0 aromatic heterocycles. The molecule has 1 aromatic carbocycles. The first-order chi connectivity index (χ1) is 9.25. The minimum atomic E-state index is -0.172. The van der Waals surface area contributed by atoms with E-state index in [2.05, 4.69) is 60.4 Å². The molecule has 0 aliphatic heterocycles. The highest BCUT2D eigenvalue weighted by Gasteiger charge is 2.38. The lowest BCUT2D eigenvalue weighted by Gasteiger charge is -2.43. The van der Waals surface area contributed by atoms with Crippen molar-refractivity contribution in [2.45, 2.75) is 40.5 Å². The Morgan fingerprint density at radius 2 is 1.70 bits per heavy atom. The van der Waals surface area contributed by atoms with Crippen LogP contribution in [0.2, 0.25) is 0 Å². The second-order valence-corrected chi connectivity index (χ2v) is 7.81. The van der Waals surface area contributed by atoms with Crippen LogP contribution < -0.4 is 0 Å². The number of rotatable bonds is 2. The molecule has 0 atom stereocenters. The molecular formula is C18H22FI. The molecule has 0 saturated carbocycles. The highest BCUT2D eigenvalue weighted by molar-refractivity contribution is 14.1. The maximum atomic E-state index is 13.2. The van der Waals surface area contributed by atoms with E-state index in [-0.39, 0.29) is 16.6 Å². The molecule has 0 bridgehead atoms. The van der Waals surface area contributed by atoms with Crippen LogP contribution in [-0.4, -0.2) is 0 Å². The average molecular weight is 384 g/mol. The van der Waals surface area contributed by atoms with E-state index in [1.165, 1.54) is 17.6 Å². The number of hydrogen-bond donors (Lipinski definition) is 0. The van der Waals surface area contributed by atoms with E-state index in [9.17, 15) is 4.39 Å². The summed E-state index contributed by atoms with van der Waals surface area (Å²) in [7, 11) is 0. The third-order valence-electron chi connectivity index (χ3n) is 4.05. The normalized spacial score (nSPS) is 21.5. The van der Waals surface area contributed by atoms with Crippen LogP contribution in [0.3, 0.4) is 0 Å². The van der Waals surface area contributed by atoms with Gasteiger partial charge in [-0.2, -0.15) is 0 Å². The van der Waals surface area contributed by atoms with Gasteiger partial charge in [-0.1, -0.05) is 68.5 Å². The van der Waals surface area contributed by atoms with Crippen LogP contribution >= 0.6 is 22.6 Å². The molecular weight excluding hydrogens is 362 g/mol. The van der Waals surface area contributed by atoms with Gasteiger partial charge in [-0.05, 0) is 56.6 Å². The van der Waals surface area contributed by atoms with Crippen molar-refractivity contribution >= 4 is 28.2 Å². The van der Waals surface area contributed by atoms with E-state index < -0.39 is 0 Å². The van der Waals surface area contributed by atoms with Gasteiger partial charge in [0.05, 0.1) is 0 Å². The summed E-state index contributed by atoms with van der Waals surface area (Å²) in [4.78, 5) is 0. The fraction of sp³-hybridized carbons (Fsp3) is 0.444. The van der Waals surface area contributed by atoms with Gasteiger partial charge in [-0.3, -0.25) is 0 Å². The van der Waals surface area contributed by atoms with Crippen LogP contribution in [0.15, 0.2) is 40.0 Å². The van der Waals surface area contributed by atoms with Crippen LogP contribution in [0.25, 0.3) is 5.57 Å². The fourth-order valence-electron chi connectivity index (χ4n) is 3.63. The van der Waals surface area contributed by atoms with Crippen molar-refractivity contribution in [3.63, 3.8) is 0 Å². The maximum absolute atomic E-state index is 13.2. The van der Waals surface area contributed by atoms with E-state index in [0.29, 0.717) is 0 Å². The third-order valence-corrected chi connectivity index (χ3v) is 4.41. The Labute approximate surface area is 135 Å². The van der Waals surface area contributed by atoms with Crippen molar-refractivity contribution in [1.82, 2.24) is 0 Å². The van der Waals surface area contributed by atoms with Gasteiger partial charge in [-0.25, -0.2) is 4.39 Å². The summed E-state index contributed by atoms with van der Waals surface area (Å²) in [5.41, 5.74) is 4.32. The lowest BCUT2D eigenvalue weighted by atomic mass is 9.61. The van der Waals surface area contributed by atoms with Gasteiger partial charge < -0.3 is 0 Å². The van der Waals surface area contributed by atoms with Crippen LogP contribution in [0, 0.1) is 16.6 Å². The summed E-state index contributed by atoms with van der Waals surface area (Å²) in [6, 6.07) is 6.93. The summed E-state index contributed by atoms with van der Waals surface area (Å²) in [5, 5.41) is 0. The van der Waals surface area contributed by atoms with Crippen molar-refractivity contribution in [2.75, 3.05) is 0 Å². The standard InChI is InChI=1S/C18H22FI/c1-17(2)11-15(13-5-7-14(19)8-6-13)16(9-10-20)18(3,4)12-17/h5-10H,11-12H2,1-4H3/b10-9+. The zero-order valence-electron chi connectivity index (χ0n) is 12.6. The molecule has 2 heteroatoms. The molecule has 0 heterocycles. The van der Waals surface area contributed by atoms with Gasteiger partial charge >= 0.3 is 0 Å².